The summed E-state index contributed by atoms with van der Waals surface area (Å²) in [5.74, 6) is 0. The average Bonchev–Trinajstić information content (AvgIpc) is 2.67. The standard InChI is InChI=1S/C22H15ClO4S/c1-14-10-11-18-19(12-14)27-22(24)21(20(18)15-6-3-2-4-7-15)28(25,26)17-9-5-8-16(23)13-17/h2-13H,1H3. The van der Waals surface area contributed by atoms with Gasteiger partial charge in [0.1, 0.15) is 5.58 Å². The van der Waals surface area contributed by atoms with Crippen LogP contribution in [0.4, 0.5) is 0 Å². The van der Waals surface area contributed by atoms with Gasteiger partial charge in [0.25, 0.3) is 0 Å². The Morgan fingerprint density at radius 1 is 0.893 bits per heavy atom. The van der Waals surface area contributed by atoms with Crippen LogP contribution < -0.4 is 5.63 Å². The van der Waals surface area contributed by atoms with Gasteiger partial charge in [-0.15, -0.1) is 0 Å². The molecule has 28 heavy (non-hydrogen) atoms. The Kier molecular flexibility index (Phi) is 4.57. The Morgan fingerprint density at radius 2 is 1.64 bits per heavy atom. The van der Waals surface area contributed by atoms with Crippen molar-refractivity contribution < 1.29 is 12.8 Å². The zero-order valence-electron chi connectivity index (χ0n) is 14.8. The van der Waals surface area contributed by atoms with E-state index in [1.54, 1.807) is 42.5 Å². The molecule has 0 spiro atoms. The number of rotatable bonds is 3. The van der Waals surface area contributed by atoms with E-state index in [1.807, 2.05) is 19.1 Å². The summed E-state index contributed by atoms with van der Waals surface area (Å²) in [7, 11) is -4.16. The minimum absolute atomic E-state index is 0.0593. The van der Waals surface area contributed by atoms with Crippen molar-refractivity contribution in [3.05, 3.63) is 93.8 Å². The van der Waals surface area contributed by atoms with Gasteiger partial charge in [-0.1, -0.05) is 60.1 Å². The maximum absolute atomic E-state index is 13.4. The van der Waals surface area contributed by atoms with Crippen LogP contribution in [0, 0.1) is 6.92 Å². The lowest BCUT2D eigenvalue weighted by atomic mass is 10.0. The molecule has 0 atom stereocenters. The van der Waals surface area contributed by atoms with Gasteiger partial charge in [0.2, 0.25) is 9.84 Å². The number of hydrogen-bond donors (Lipinski definition) is 0. The molecular weight excluding hydrogens is 396 g/mol. The van der Waals surface area contributed by atoms with E-state index in [-0.39, 0.29) is 9.92 Å². The van der Waals surface area contributed by atoms with Gasteiger partial charge in [-0.3, -0.25) is 0 Å². The molecule has 3 aromatic carbocycles. The third-order valence-corrected chi connectivity index (χ3v) is 6.48. The molecule has 1 heterocycles. The molecule has 0 amide bonds. The first kappa shape index (κ1) is 18.5. The van der Waals surface area contributed by atoms with Gasteiger partial charge in [-0.05, 0) is 42.3 Å². The number of fused-ring (bicyclic) bond motifs is 1. The van der Waals surface area contributed by atoms with Gasteiger partial charge in [-0.25, -0.2) is 13.2 Å². The minimum Gasteiger partial charge on any atom is -0.422 e. The molecular formula is C22H15ClO4S. The summed E-state index contributed by atoms with van der Waals surface area (Å²) >= 11 is 5.98. The topological polar surface area (TPSA) is 64.3 Å². The lowest BCUT2D eigenvalue weighted by Crippen LogP contribution is -2.16. The summed E-state index contributed by atoms with van der Waals surface area (Å²) in [5, 5.41) is 0.820. The Bertz CT molecular complexity index is 1360. The summed E-state index contributed by atoms with van der Waals surface area (Å²) < 4.78 is 32.2. The van der Waals surface area contributed by atoms with Crippen LogP contribution in [0.15, 0.2) is 91.8 Å². The molecule has 0 saturated heterocycles. The highest BCUT2D eigenvalue weighted by molar-refractivity contribution is 7.91. The minimum atomic E-state index is -4.16. The first-order valence-corrected chi connectivity index (χ1v) is 10.4. The van der Waals surface area contributed by atoms with Gasteiger partial charge in [0.15, 0.2) is 4.90 Å². The van der Waals surface area contributed by atoms with Gasteiger partial charge < -0.3 is 4.42 Å². The Labute approximate surface area is 166 Å². The third kappa shape index (κ3) is 3.13. The molecule has 0 unspecified atom stereocenters. The summed E-state index contributed by atoms with van der Waals surface area (Å²) in [6.07, 6.45) is 0. The molecule has 0 fully saturated rings. The first-order chi connectivity index (χ1) is 13.4. The second kappa shape index (κ2) is 6.93. The van der Waals surface area contributed by atoms with Crippen LogP contribution in [-0.4, -0.2) is 8.42 Å². The molecule has 1 aromatic heterocycles. The van der Waals surface area contributed by atoms with E-state index < -0.39 is 20.4 Å². The lowest BCUT2D eigenvalue weighted by molar-refractivity contribution is 0.533. The zero-order chi connectivity index (χ0) is 19.9. The normalized spacial score (nSPS) is 11.6. The molecule has 0 aliphatic rings. The maximum Gasteiger partial charge on any atom is 0.356 e. The van der Waals surface area contributed by atoms with Crippen molar-refractivity contribution in [1.82, 2.24) is 0 Å². The molecule has 4 aromatic rings. The monoisotopic (exact) mass is 410 g/mol. The highest BCUT2D eigenvalue weighted by Gasteiger charge is 2.29. The van der Waals surface area contributed by atoms with Gasteiger partial charge in [0, 0.05) is 16.0 Å². The largest absolute Gasteiger partial charge is 0.422 e. The average molecular weight is 411 g/mol. The van der Waals surface area contributed by atoms with E-state index in [0.29, 0.717) is 22.1 Å². The molecule has 6 heteroatoms. The third-order valence-electron chi connectivity index (χ3n) is 4.46. The van der Waals surface area contributed by atoms with Crippen molar-refractivity contribution in [2.75, 3.05) is 0 Å². The van der Waals surface area contributed by atoms with Crippen molar-refractivity contribution >= 4 is 32.4 Å². The Hall–Kier alpha value is -2.89. The Balaban J connectivity index is 2.16. The smallest absolute Gasteiger partial charge is 0.356 e. The van der Waals surface area contributed by atoms with Crippen LogP contribution in [0.1, 0.15) is 5.56 Å². The number of benzene rings is 3. The van der Waals surface area contributed by atoms with Gasteiger partial charge >= 0.3 is 5.63 Å². The highest BCUT2D eigenvalue weighted by atomic mass is 35.5. The fourth-order valence-corrected chi connectivity index (χ4v) is 4.97. The summed E-state index contributed by atoms with van der Waals surface area (Å²) in [5.41, 5.74) is 1.28. The zero-order valence-corrected chi connectivity index (χ0v) is 16.4. The molecule has 4 nitrogen and oxygen atoms in total. The number of sulfone groups is 1. The molecule has 4 rings (SSSR count). The van der Waals surface area contributed by atoms with E-state index in [0.717, 1.165) is 5.56 Å². The van der Waals surface area contributed by atoms with E-state index in [1.165, 1.54) is 18.2 Å². The number of hydrogen-bond acceptors (Lipinski definition) is 4. The van der Waals surface area contributed by atoms with Gasteiger partial charge in [0.05, 0.1) is 4.90 Å². The van der Waals surface area contributed by atoms with E-state index in [9.17, 15) is 13.2 Å². The van der Waals surface area contributed by atoms with Crippen molar-refractivity contribution in [1.29, 1.82) is 0 Å². The fraction of sp³-hybridized carbons (Fsp3) is 0.0455. The van der Waals surface area contributed by atoms with E-state index >= 15 is 0 Å². The Morgan fingerprint density at radius 3 is 2.36 bits per heavy atom. The van der Waals surface area contributed by atoms with Crippen LogP contribution in [0.3, 0.4) is 0 Å². The van der Waals surface area contributed by atoms with Gasteiger partial charge in [-0.2, -0.15) is 0 Å². The molecule has 0 saturated carbocycles. The van der Waals surface area contributed by atoms with Crippen molar-refractivity contribution in [3.63, 3.8) is 0 Å². The second-order valence-electron chi connectivity index (χ2n) is 6.42. The predicted molar refractivity (Wildman–Crippen MR) is 110 cm³/mol. The summed E-state index contributed by atoms with van der Waals surface area (Å²) in [6.45, 7) is 1.87. The predicted octanol–water partition coefficient (Wildman–Crippen LogP) is 5.25. The maximum atomic E-state index is 13.4. The molecule has 0 radical (unpaired) electrons. The summed E-state index contributed by atoms with van der Waals surface area (Å²) in [4.78, 5) is 12.4. The van der Waals surface area contributed by atoms with E-state index in [2.05, 4.69) is 0 Å². The van der Waals surface area contributed by atoms with Crippen LogP contribution >= 0.6 is 11.6 Å². The van der Waals surface area contributed by atoms with E-state index in [4.69, 9.17) is 16.0 Å². The second-order valence-corrected chi connectivity index (χ2v) is 8.74. The lowest BCUT2D eigenvalue weighted by Gasteiger charge is -2.13. The molecule has 0 aliphatic carbocycles. The van der Waals surface area contributed by atoms with Crippen LogP contribution in [-0.2, 0) is 9.84 Å². The SMILES string of the molecule is Cc1ccc2c(-c3ccccc3)c(S(=O)(=O)c3cccc(Cl)c3)c(=O)oc2c1. The van der Waals surface area contributed by atoms with Crippen molar-refractivity contribution in [2.45, 2.75) is 16.7 Å². The number of halogens is 1. The number of aryl methyl sites for hydroxylation is 1. The molecule has 0 N–H and O–H groups in total. The molecule has 140 valence electrons. The first-order valence-electron chi connectivity index (χ1n) is 8.51. The van der Waals surface area contributed by atoms with Crippen LogP contribution in [0.2, 0.25) is 5.02 Å². The fourth-order valence-electron chi connectivity index (χ4n) is 3.18. The molecule has 0 aliphatic heterocycles. The highest BCUT2D eigenvalue weighted by Crippen LogP contribution is 2.35. The summed E-state index contributed by atoms with van der Waals surface area (Å²) in [6, 6.07) is 20.1. The van der Waals surface area contributed by atoms with Crippen LogP contribution in [0.25, 0.3) is 22.1 Å². The van der Waals surface area contributed by atoms with Crippen molar-refractivity contribution in [3.8, 4) is 11.1 Å². The quantitative estimate of drug-likeness (QED) is 0.432. The van der Waals surface area contributed by atoms with Crippen molar-refractivity contribution in [2.24, 2.45) is 0 Å². The van der Waals surface area contributed by atoms with Crippen LogP contribution in [0.5, 0.6) is 0 Å². The molecule has 0 bridgehead atoms.